The van der Waals surface area contributed by atoms with Gasteiger partial charge in [0.1, 0.15) is 5.92 Å². The summed E-state index contributed by atoms with van der Waals surface area (Å²) < 4.78 is 0.708. The van der Waals surface area contributed by atoms with Gasteiger partial charge in [-0.15, -0.1) is 11.3 Å². The van der Waals surface area contributed by atoms with Crippen LogP contribution in [0.2, 0.25) is 4.34 Å². The Morgan fingerprint density at radius 1 is 1.73 bits per heavy atom. The first-order chi connectivity index (χ1) is 7.04. The Hall–Kier alpha value is -1.05. The van der Waals surface area contributed by atoms with E-state index in [1.165, 1.54) is 16.2 Å². The van der Waals surface area contributed by atoms with Gasteiger partial charge >= 0.3 is 0 Å². The SMILES string of the molecule is CC(C#N)C(=O)N(C)Cc1ccc(Cl)s1. The lowest BCUT2D eigenvalue weighted by Crippen LogP contribution is -2.30. The molecule has 1 unspecified atom stereocenters. The maximum absolute atomic E-state index is 11.6. The molecule has 0 saturated carbocycles. The van der Waals surface area contributed by atoms with Crippen LogP contribution in [-0.2, 0) is 11.3 Å². The van der Waals surface area contributed by atoms with E-state index < -0.39 is 5.92 Å². The van der Waals surface area contributed by atoms with E-state index in [4.69, 9.17) is 16.9 Å². The first kappa shape index (κ1) is 12.0. The molecule has 0 aromatic carbocycles. The van der Waals surface area contributed by atoms with Crippen molar-refractivity contribution in [3.63, 3.8) is 0 Å². The minimum absolute atomic E-state index is 0.165. The van der Waals surface area contributed by atoms with Gasteiger partial charge in [-0.3, -0.25) is 4.79 Å². The van der Waals surface area contributed by atoms with Crippen LogP contribution in [0.4, 0.5) is 0 Å². The third-order valence-electron chi connectivity index (χ3n) is 1.96. The number of rotatable bonds is 3. The fraction of sp³-hybridized carbons (Fsp3) is 0.400. The molecule has 1 aromatic heterocycles. The van der Waals surface area contributed by atoms with E-state index in [0.717, 1.165) is 4.88 Å². The maximum Gasteiger partial charge on any atom is 0.239 e. The molecule has 3 nitrogen and oxygen atoms in total. The summed E-state index contributed by atoms with van der Waals surface area (Å²) in [7, 11) is 1.68. The van der Waals surface area contributed by atoms with Gasteiger partial charge in [0.2, 0.25) is 5.91 Å². The maximum atomic E-state index is 11.6. The highest BCUT2D eigenvalue weighted by atomic mass is 35.5. The quantitative estimate of drug-likeness (QED) is 0.818. The van der Waals surface area contributed by atoms with Gasteiger partial charge in [0.25, 0.3) is 0 Å². The van der Waals surface area contributed by atoms with Crippen molar-refractivity contribution in [1.29, 1.82) is 5.26 Å². The Morgan fingerprint density at radius 2 is 2.40 bits per heavy atom. The monoisotopic (exact) mass is 242 g/mol. The van der Waals surface area contributed by atoms with Gasteiger partial charge in [0.15, 0.2) is 0 Å². The third-order valence-corrected chi connectivity index (χ3v) is 3.18. The summed E-state index contributed by atoms with van der Waals surface area (Å²) in [6, 6.07) is 5.60. The largest absolute Gasteiger partial charge is 0.339 e. The van der Waals surface area contributed by atoms with Crippen LogP contribution in [0.15, 0.2) is 12.1 Å². The lowest BCUT2D eigenvalue weighted by molar-refractivity contribution is -0.132. The van der Waals surface area contributed by atoms with Gasteiger partial charge in [-0.1, -0.05) is 11.6 Å². The zero-order valence-corrected chi connectivity index (χ0v) is 10.1. The van der Waals surface area contributed by atoms with E-state index >= 15 is 0 Å². The summed E-state index contributed by atoms with van der Waals surface area (Å²) in [6.07, 6.45) is 0. The molecule has 1 rings (SSSR count). The van der Waals surface area contributed by atoms with E-state index in [0.29, 0.717) is 10.9 Å². The van der Waals surface area contributed by atoms with Gasteiger partial charge in [-0.05, 0) is 19.1 Å². The molecule has 0 aliphatic rings. The van der Waals surface area contributed by atoms with Crippen LogP contribution in [0.25, 0.3) is 0 Å². The summed E-state index contributed by atoms with van der Waals surface area (Å²) in [5.41, 5.74) is 0. The Morgan fingerprint density at radius 3 is 2.87 bits per heavy atom. The molecule has 0 aliphatic heterocycles. The number of carbonyl (C=O) groups excluding carboxylic acids is 1. The van der Waals surface area contributed by atoms with Crippen LogP contribution in [0.3, 0.4) is 0 Å². The van der Waals surface area contributed by atoms with E-state index in [9.17, 15) is 4.79 Å². The highest BCUT2D eigenvalue weighted by molar-refractivity contribution is 7.16. The molecular formula is C10H11ClN2OS. The molecule has 1 heterocycles. The van der Waals surface area contributed by atoms with E-state index in [1.54, 1.807) is 20.0 Å². The van der Waals surface area contributed by atoms with Crippen molar-refractivity contribution < 1.29 is 4.79 Å². The molecular weight excluding hydrogens is 232 g/mol. The average Bonchev–Trinajstić information content (AvgIpc) is 2.61. The minimum Gasteiger partial charge on any atom is -0.339 e. The zero-order chi connectivity index (χ0) is 11.4. The molecule has 1 aromatic rings. The number of halogens is 1. The number of thiophene rings is 1. The summed E-state index contributed by atoms with van der Waals surface area (Å²) in [4.78, 5) is 14.1. The number of carbonyl (C=O) groups is 1. The molecule has 0 N–H and O–H groups in total. The normalized spacial score (nSPS) is 11.9. The average molecular weight is 243 g/mol. The minimum atomic E-state index is -0.592. The van der Waals surface area contributed by atoms with Crippen molar-refractivity contribution in [2.45, 2.75) is 13.5 Å². The molecule has 1 amide bonds. The Labute approximate surface area is 97.9 Å². The Kier molecular flexibility index (Phi) is 4.13. The lowest BCUT2D eigenvalue weighted by Gasteiger charge is -2.17. The van der Waals surface area contributed by atoms with Gasteiger partial charge in [0.05, 0.1) is 17.0 Å². The molecule has 80 valence electrons. The van der Waals surface area contributed by atoms with Gasteiger partial charge < -0.3 is 4.90 Å². The van der Waals surface area contributed by atoms with E-state index in [-0.39, 0.29) is 5.91 Å². The highest BCUT2D eigenvalue weighted by Gasteiger charge is 2.17. The molecule has 0 bridgehead atoms. The molecule has 0 saturated heterocycles. The molecule has 0 aliphatic carbocycles. The lowest BCUT2D eigenvalue weighted by atomic mass is 10.2. The summed E-state index contributed by atoms with van der Waals surface area (Å²) in [5.74, 6) is -0.757. The Balaban J connectivity index is 2.60. The molecule has 5 heteroatoms. The number of amides is 1. The van der Waals surface area contributed by atoms with Crippen LogP contribution in [0.5, 0.6) is 0 Å². The molecule has 0 radical (unpaired) electrons. The van der Waals surface area contributed by atoms with Crippen molar-refractivity contribution in [3.05, 3.63) is 21.3 Å². The van der Waals surface area contributed by atoms with Crippen molar-refractivity contribution in [3.8, 4) is 6.07 Å². The van der Waals surface area contributed by atoms with Gasteiger partial charge in [0, 0.05) is 11.9 Å². The van der Waals surface area contributed by atoms with Crippen LogP contribution in [0.1, 0.15) is 11.8 Å². The summed E-state index contributed by atoms with van der Waals surface area (Å²) >= 11 is 7.22. The summed E-state index contributed by atoms with van der Waals surface area (Å²) in [5, 5.41) is 8.61. The second kappa shape index (κ2) is 5.15. The van der Waals surface area contributed by atoms with Crippen molar-refractivity contribution in [2.75, 3.05) is 7.05 Å². The molecule has 1 atom stereocenters. The van der Waals surface area contributed by atoms with Crippen LogP contribution in [-0.4, -0.2) is 17.9 Å². The topological polar surface area (TPSA) is 44.1 Å². The molecule has 15 heavy (non-hydrogen) atoms. The van der Waals surface area contributed by atoms with Crippen molar-refractivity contribution in [1.82, 2.24) is 4.90 Å². The third kappa shape index (κ3) is 3.22. The predicted molar refractivity (Wildman–Crippen MR) is 60.6 cm³/mol. The van der Waals surface area contributed by atoms with Gasteiger partial charge in [-0.2, -0.15) is 5.26 Å². The second-order valence-corrected chi connectivity index (χ2v) is 5.05. The van der Waals surface area contributed by atoms with Crippen LogP contribution in [0, 0.1) is 17.2 Å². The number of nitriles is 1. The van der Waals surface area contributed by atoms with Crippen molar-refractivity contribution in [2.24, 2.45) is 5.92 Å². The Bertz CT molecular complexity index is 396. The zero-order valence-electron chi connectivity index (χ0n) is 8.53. The second-order valence-electron chi connectivity index (χ2n) is 3.25. The van der Waals surface area contributed by atoms with E-state index in [2.05, 4.69) is 0 Å². The van der Waals surface area contributed by atoms with Gasteiger partial charge in [-0.25, -0.2) is 0 Å². The summed E-state index contributed by atoms with van der Waals surface area (Å²) in [6.45, 7) is 2.10. The van der Waals surface area contributed by atoms with Crippen LogP contribution < -0.4 is 0 Å². The first-order valence-corrected chi connectivity index (χ1v) is 5.63. The molecule has 0 spiro atoms. The highest BCUT2D eigenvalue weighted by Crippen LogP contribution is 2.22. The van der Waals surface area contributed by atoms with Crippen LogP contribution >= 0.6 is 22.9 Å². The first-order valence-electron chi connectivity index (χ1n) is 4.43. The number of nitrogens with zero attached hydrogens (tertiary/aromatic N) is 2. The standard InChI is InChI=1S/C10H11ClN2OS/c1-7(5-12)10(14)13(2)6-8-3-4-9(11)15-8/h3-4,7H,6H2,1-2H3. The fourth-order valence-corrected chi connectivity index (χ4v) is 2.28. The number of hydrogen-bond donors (Lipinski definition) is 0. The molecule has 0 fully saturated rings. The number of hydrogen-bond acceptors (Lipinski definition) is 3. The van der Waals surface area contributed by atoms with E-state index in [1.807, 2.05) is 12.1 Å². The predicted octanol–water partition coefficient (Wildman–Crippen LogP) is 2.52. The van der Waals surface area contributed by atoms with Crippen molar-refractivity contribution >= 4 is 28.8 Å². The smallest absolute Gasteiger partial charge is 0.239 e. The fourth-order valence-electron chi connectivity index (χ4n) is 1.13.